The summed E-state index contributed by atoms with van der Waals surface area (Å²) in [5, 5.41) is 4.20. The van der Waals surface area contributed by atoms with Crippen molar-refractivity contribution in [3.05, 3.63) is 84.1 Å². The molecule has 2 N–H and O–H groups in total. The van der Waals surface area contributed by atoms with Gasteiger partial charge in [0.15, 0.2) is 0 Å². The Kier molecular flexibility index (Phi) is 5.92. The second-order valence-corrected chi connectivity index (χ2v) is 9.23. The van der Waals surface area contributed by atoms with E-state index in [0.29, 0.717) is 19.4 Å². The predicted molar refractivity (Wildman–Crippen MR) is 134 cm³/mol. The van der Waals surface area contributed by atoms with Gasteiger partial charge in [-0.25, -0.2) is 0 Å². The highest BCUT2D eigenvalue weighted by molar-refractivity contribution is 7.99. The van der Waals surface area contributed by atoms with Gasteiger partial charge in [0.05, 0.1) is 11.3 Å². The van der Waals surface area contributed by atoms with Crippen LogP contribution in [0.1, 0.15) is 35.7 Å². The van der Waals surface area contributed by atoms with Crippen molar-refractivity contribution in [3.8, 4) is 0 Å². The number of aromatic nitrogens is 1. The van der Waals surface area contributed by atoms with E-state index in [0.717, 1.165) is 49.6 Å². The summed E-state index contributed by atoms with van der Waals surface area (Å²) in [6, 6.07) is 21.6. The molecule has 1 aliphatic rings. The van der Waals surface area contributed by atoms with Gasteiger partial charge in [0, 0.05) is 45.5 Å². The van der Waals surface area contributed by atoms with Crippen LogP contribution in [-0.2, 0) is 11.2 Å². The molecule has 5 nitrogen and oxygen atoms in total. The Morgan fingerprint density at radius 2 is 1.85 bits per heavy atom. The SMILES string of the molecule is CCCN1C(=O)c2ccccc2Sc2cc(NC(=O)CCc3c[nH]c4ccccc34)ccc21. The van der Waals surface area contributed by atoms with Gasteiger partial charge in [0.25, 0.3) is 5.91 Å². The van der Waals surface area contributed by atoms with Crippen molar-refractivity contribution in [1.82, 2.24) is 4.98 Å². The fourth-order valence-electron chi connectivity index (χ4n) is 4.26. The number of fused-ring (bicyclic) bond motifs is 3. The Morgan fingerprint density at radius 1 is 1.03 bits per heavy atom. The second kappa shape index (κ2) is 9.16. The zero-order valence-electron chi connectivity index (χ0n) is 18.4. The molecule has 0 saturated carbocycles. The van der Waals surface area contributed by atoms with Crippen molar-refractivity contribution in [2.45, 2.75) is 36.0 Å². The average molecular weight is 456 g/mol. The van der Waals surface area contributed by atoms with Crippen LogP contribution in [0.5, 0.6) is 0 Å². The first kappa shape index (κ1) is 21.3. The molecule has 33 heavy (non-hydrogen) atoms. The third-order valence-electron chi connectivity index (χ3n) is 5.86. The first-order valence-corrected chi connectivity index (χ1v) is 12.0. The number of H-pyrrole nitrogens is 1. The summed E-state index contributed by atoms with van der Waals surface area (Å²) in [5.41, 5.74) is 4.58. The van der Waals surface area contributed by atoms with Gasteiger partial charge in [0.1, 0.15) is 0 Å². The number of benzene rings is 3. The molecule has 2 heterocycles. The Balaban J connectivity index is 1.35. The minimum atomic E-state index is -0.0271. The third-order valence-corrected chi connectivity index (χ3v) is 6.98. The van der Waals surface area contributed by atoms with Crippen LogP contribution < -0.4 is 10.2 Å². The van der Waals surface area contributed by atoms with Gasteiger partial charge in [-0.3, -0.25) is 9.59 Å². The van der Waals surface area contributed by atoms with E-state index in [1.54, 1.807) is 11.8 Å². The number of rotatable bonds is 6. The summed E-state index contributed by atoms with van der Waals surface area (Å²) in [5.74, 6) is -0.00467. The summed E-state index contributed by atoms with van der Waals surface area (Å²) >= 11 is 1.57. The molecular formula is C27H25N3O2S. The van der Waals surface area contributed by atoms with E-state index in [1.165, 1.54) is 0 Å². The number of nitrogens with one attached hydrogen (secondary N) is 2. The Bertz CT molecular complexity index is 1340. The lowest BCUT2D eigenvalue weighted by atomic mass is 10.1. The number of anilines is 2. The smallest absolute Gasteiger partial charge is 0.259 e. The van der Waals surface area contributed by atoms with E-state index in [2.05, 4.69) is 23.3 Å². The molecule has 0 aliphatic carbocycles. The molecule has 0 bridgehead atoms. The van der Waals surface area contributed by atoms with Crippen LogP contribution in [0.3, 0.4) is 0 Å². The number of aryl methyl sites for hydroxylation is 1. The largest absolute Gasteiger partial charge is 0.361 e. The number of carbonyl (C=O) groups excluding carboxylic acids is 2. The first-order valence-electron chi connectivity index (χ1n) is 11.2. The Labute approximate surface area is 197 Å². The number of aromatic amines is 1. The molecule has 2 amide bonds. The van der Waals surface area contributed by atoms with Crippen LogP contribution in [0.2, 0.25) is 0 Å². The number of nitrogens with zero attached hydrogens (tertiary/aromatic N) is 1. The standard InChI is InChI=1S/C27H25N3O2S/c1-2-15-30-23-13-12-19(16-25(23)33-24-10-6-4-8-21(24)27(30)32)29-26(31)14-11-18-17-28-22-9-5-3-7-20(18)22/h3-10,12-13,16-17,28H,2,11,14-15H2,1H3,(H,29,31). The molecule has 5 rings (SSSR count). The second-order valence-electron chi connectivity index (χ2n) is 8.15. The highest BCUT2D eigenvalue weighted by Crippen LogP contribution is 2.42. The molecule has 1 aliphatic heterocycles. The highest BCUT2D eigenvalue weighted by atomic mass is 32.2. The van der Waals surface area contributed by atoms with E-state index >= 15 is 0 Å². The molecule has 0 fully saturated rings. The van der Waals surface area contributed by atoms with Gasteiger partial charge in [-0.05, 0) is 54.8 Å². The topological polar surface area (TPSA) is 65.2 Å². The van der Waals surface area contributed by atoms with Crippen molar-refractivity contribution in [3.63, 3.8) is 0 Å². The highest BCUT2D eigenvalue weighted by Gasteiger charge is 2.26. The van der Waals surface area contributed by atoms with Crippen molar-refractivity contribution >= 4 is 45.9 Å². The minimum Gasteiger partial charge on any atom is -0.361 e. The van der Waals surface area contributed by atoms with Crippen LogP contribution in [0, 0.1) is 0 Å². The molecule has 3 aromatic carbocycles. The average Bonchev–Trinajstić information content (AvgIpc) is 3.20. The van der Waals surface area contributed by atoms with Crippen molar-refractivity contribution in [2.75, 3.05) is 16.8 Å². The summed E-state index contributed by atoms with van der Waals surface area (Å²) in [6.45, 7) is 2.72. The van der Waals surface area contributed by atoms with Gasteiger partial charge in [-0.2, -0.15) is 0 Å². The lowest BCUT2D eigenvalue weighted by molar-refractivity contribution is -0.116. The zero-order valence-corrected chi connectivity index (χ0v) is 19.2. The van der Waals surface area contributed by atoms with Gasteiger partial charge in [-0.1, -0.05) is 49.0 Å². The molecule has 0 spiro atoms. The maximum Gasteiger partial charge on any atom is 0.259 e. The number of carbonyl (C=O) groups is 2. The number of hydrogen-bond acceptors (Lipinski definition) is 3. The van der Waals surface area contributed by atoms with Gasteiger partial charge in [-0.15, -0.1) is 0 Å². The summed E-state index contributed by atoms with van der Waals surface area (Å²) in [4.78, 5) is 32.9. The normalized spacial score (nSPS) is 12.9. The van der Waals surface area contributed by atoms with Crippen LogP contribution in [0.4, 0.5) is 11.4 Å². The van der Waals surface area contributed by atoms with E-state index < -0.39 is 0 Å². The van der Waals surface area contributed by atoms with E-state index in [9.17, 15) is 9.59 Å². The summed E-state index contributed by atoms with van der Waals surface area (Å²) < 4.78 is 0. The van der Waals surface area contributed by atoms with Crippen LogP contribution >= 0.6 is 11.8 Å². The Hall–Kier alpha value is -3.51. The lowest BCUT2D eigenvalue weighted by Crippen LogP contribution is -2.31. The summed E-state index contributed by atoms with van der Waals surface area (Å²) in [6.07, 6.45) is 3.91. The first-order chi connectivity index (χ1) is 16.1. The monoisotopic (exact) mass is 455 g/mol. The molecule has 0 radical (unpaired) electrons. The van der Waals surface area contributed by atoms with E-state index in [1.807, 2.05) is 71.8 Å². The van der Waals surface area contributed by atoms with Crippen molar-refractivity contribution < 1.29 is 9.59 Å². The molecule has 1 aromatic heterocycles. The summed E-state index contributed by atoms with van der Waals surface area (Å²) in [7, 11) is 0. The number of para-hydroxylation sites is 1. The van der Waals surface area contributed by atoms with Crippen molar-refractivity contribution in [1.29, 1.82) is 0 Å². The Morgan fingerprint density at radius 3 is 2.73 bits per heavy atom. The molecule has 0 saturated heterocycles. The molecule has 0 unspecified atom stereocenters. The van der Waals surface area contributed by atoms with Crippen LogP contribution in [0.15, 0.2) is 82.7 Å². The molecule has 0 atom stereocenters. The quantitative estimate of drug-likeness (QED) is 0.361. The molecule has 166 valence electrons. The lowest BCUT2D eigenvalue weighted by Gasteiger charge is -2.22. The zero-order chi connectivity index (χ0) is 22.8. The fourth-order valence-corrected chi connectivity index (χ4v) is 5.38. The maximum atomic E-state index is 13.2. The molecular weight excluding hydrogens is 430 g/mol. The fraction of sp³-hybridized carbons (Fsp3) is 0.185. The maximum absolute atomic E-state index is 13.2. The third kappa shape index (κ3) is 4.26. The predicted octanol–water partition coefficient (Wildman–Crippen LogP) is 6.26. The molecule has 4 aromatic rings. The van der Waals surface area contributed by atoms with Crippen LogP contribution in [0.25, 0.3) is 10.9 Å². The number of hydrogen-bond donors (Lipinski definition) is 2. The van der Waals surface area contributed by atoms with Gasteiger partial charge in [0.2, 0.25) is 5.91 Å². The van der Waals surface area contributed by atoms with E-state index in [-0.39, 0.29) is 11.8 Å². The number of amides is 2. The van der Waals surface area contributed by atoms with Crippen LogP contribution in [-0.4, -0.2) is 23.3 Å². The van der Waals surface area contributed by atoms with Crippen molar-refractivity contribution in [2.24, 2.45) is 0 Å². The minimum absolute atomic E-state index is 0.0224. The van der Waals surface area contributed by atoms with E-state index in [4.69, 9.17) is 0 Å². The molecule has 6 heteroatoms. The van der Waals surface area contributed by atoms with Gasteiger partial charge >= 0.3 is 0 Å². The van der Waals surface area contributed by atoms with Gasteiger partial charge < -0.3 is 15.2 Å².